The second-order valence-corrected chi connectivity index (χ2v) is 6.25. The second kappa shape index (κ2) is 11.1. The van der Waals surface area contributed by atoms with Crippen LogP contribution in [0.3, 0.4) is 0 Å². The normalized spacial score (nSPS) is 15.3. The number of likely N-dealkylation sites (N-methyl/N-ethyl adjacent to an activating group) is 1. The minimum atomic E-state index is 0.464. The topological polar surface area (TPSA) is 24.5 Å². The third-order valence-corrected chi connectivity index (χ3v) is 3.99. The van der Waals surface area contributed by atoms with E-state index in [4.69, 9.17) is 4.74 Å². The average Bonchev–Trinajstić information content (AvgIpc) is 2.33. The predicted octanol–water partition coefficient (Wildman–Crippen LogP) is 2.32. The maximum Gasteiger partial charge on any atom is 0.0630 e. The first-order chi connectivity index (χ1) is 8.56. The van der Waals surface area contributed by atoms with Crippen molar-refractivity contribution in [3.05, 3.63) is 0 Å². The molecule has 3 nitrogen and oxygen atoms in total. The number of hydrogen-bond acceptors (Lipinski definition) is 4. The molecule has 0 bridgehead atoms. The summed E-state index contributed by atoms with van der Waals surface area (Å²) < 4.78 is 5.37. The molecule has 0 aromatic carbocycles. The Labute approximate surface area is 118 Å². The first-order valence-corrected chi connectivity index (χ1v) is 8.36. The van der Waals surface area contributed by atoms with E-state index in [0.29, 0.717) is 18.0 Å². The largest absolute Gasteiger partial charge is 0.383 e. The summed E-state index contributed by atoms with van der Waals surface area (Å²) in [4.78, 5) is 2.48. The van der Waals surface area contributed by atoms with E-state index >= 15 is 0 Å². The molecule has 18 heavy (non-hydrogen) atoms. The fraction of sp³-hybridized carbons (Fsp3) is 1.00. The van der Waals surface area contributed by atoms with Crippen molar-refractivity contribution in [3.8, 4) is 0 Å². The molecule has 0 aliphatic carbocycles. The van der Waals surface area contributed by atoms with Crippen LogP contribution in [0.5, 0.6) is 0 Å². The van der Waals surface area contributed by atoms with Gasteiger partial charge in [-0.25, -0.2) is 0 Å². The van der Waals surface area contributed by atoms with Crippen LogP contribution >= 0.6 is 11.8 Å². The molecular formula is C14H32N2OS. The molecule has 0 aromatic rings. The number of nitrogens with zero attached hydrogens (tertiary/aromatic N) is 1. The van der Waals surface area contributed by atoms with Crippen molar-refractivity contribution in [3.63, 3.8) is 0 Å². The van der Waals surface area contributed by atoms with E-state index in [1.807, 2.05) is 11.8 Å². The quantitative estimate of drug-likeness (QED) is 0.626. The molecule has 0 aromatic heterocycles. The number of nitrogens with one attached hydrogen (secondary N) is 1. The molecule has 1 N–H and O–H groups in total. The van der Waals surface area contributed by atoms with Gasteiger partial charge < -0.3 is 10.1 Å². The van der Waals surface area contributed by atoms with Gasteiger partial charge >= 0.3 is 0 Å². The molecule has 2 atom stereocenters. The first-order valence-electron chi connectivity index (χ1n) is 6.97. The van der Waals surface area contributed by atoms with Crippen LogP contribution in [0.2, 0.25) is 0 Å². The third kappa shape index (κ3) is 7.62. The molecule has 0 radical (unpaired) electrons. The van der Waals surface area contributed by atoms with Gasteiger partial charge in [0.25, 0.3) is 0 Å². The van der Waals surface area contributed by atoms with E-state index in [1.165, 1.54) is 12.2 Å². The average molecular weight is 276 g/mol. The van der Waals surface area contributed by atoms with Gasteiger partial charge in [0.05, 0.1) is 6.61 Å². The number of hydrogen-bond donors (Lipinski definition) is 1. The van der Waals surface area contributed by atoms with Gasteiger partial charge in [-0.3, -0.25) is 4.90 Å². The summed E-state index contributed by atoms with van der Waals surface area (Å²) in [5.74, 6) is 1.89. The van der Waals surface area contributed by atoms with E-state index in [9.17, 15) is 0 Å². The molecule has 0 saturated carbocycles. The summed E-state index contributed by atoms with van der Waals surface area (Å²) in [5.41, 5.74) is 0. The van der Waals surface area contributed by atoms with Crippen LogP contribution in [0, 0.1) is 5.92 Å². The number of rotatable bonds is 11. The number of ether oxygens (including phenoxy) is 1. The lowest BCUT2D eigenvalue weighted by atomic mass is 10.1. The summed E-state index contributed by atoms with van der Waals surface area (Å²) in [7, 11) is 4.02. The molecule has 0 saturated heterocycles. The van der Waals surface area contributed by atoms with Crippen LogP contribution in [0.15, 0.2) is 0 Å². The zero-order valence-corrected chi connectivity index (χ0v) is 13.8. The SMILES string of the molecule is CCC(CSC)N(C)C(CNCC(C)C)COC. The van der Waals surface area contributed by atoms with Crippen LogP contribution < -0.4 is 5.32 Å². The standard InChI is InChI=1S/C14H32N2OS/c1-7-13(11-18-6)16(4)14(10-17-5)9-15-8-12(2)3/h12-15H,7-11H2,1-6H3. The van der Waals surface area contributed by atoms with Crippen molar-refractivity contribution in [1.82, 2.24) is 10.2 Å². The van der Waals surface area contributed by atoms with Crippen molar-refractivity contribution in [2.45, 2.75) is 39.3 Å². The Hall–Kier alpha value is 0.230. The van der Waals surface area contributed by atoms with Gasteiger partial charge in [-0.05, 0) is 32.2 Å². The molecule has 4 heteroatoms. The van der Waals surface area contributed by atoms with Gasteiger partial charge in [0.1, 0.15) is 0 Å². The van der Waals surface area contributed by atoms with Crippen molar-refractivity contribution >= 4 is 11.8 Å². The Morgan fingerprint density at radius 3 is 2.33 bits per heavy atom. The maximum absolute atomic E-state index is 5.37. The molecule has 0 fully saturated rings. The predicted molar refractivity (Wildman–Crippen MR) is 83.6 cm³/mol. The summed E-state index contributed by atoms with van der Waals surface area (Å²) in [6.07, 6.45) is 3.38. The highest BCUT2D eigenvalue weighted by Crippen LogP contribution is 2.11. The van der Waals surface area contributed by atoms with Gasteiger partial charge in [0.2, 0.25) is 0 Å². The highest BCUT2D eigenvalue weighted by molar-refractivity contribution is 7.98. The van der Waals surface area contributed by atoms with Crippen molar-refractivity contribution in [2.24, 2.45) is 5.92 Å². The van der Waals surface area contributed by atoms with E-state index in [-0.39, 0.29) is 0 Å². The summed E-state index contributed by atoms with van der Waals surface area (Å²) in [6, 6.07) is 1.10. The van der Waals surface area contributed by atoms with Gasteiger partial charge in [-0.2, -0.15) is 11.8 Å². The smallest absolute Gasteiger partial charge is 0.0630 e. The summed E-state index contributed by atoms with van der Waals surface area (Å²) in [6.45, 7) is 9.63. The van der Waals surface area contributed by atoms with Gasteiger partial charge in [-0.15, -0.1) is 0 Å². The van der Waals surface area contributed by atoms with Crippen LogP contribution in [0.4, 0.5) is 0 Å². The van der Waals surface area contributed by atoms with E-state index in [0.717, 1.165) is 19.7 Å². The molecule has 0 rings (SSSR count). The third-order valence-electron chi connectivity index (χ3n) is 3.27. The highest BCUT2D eigenvalue weighted by atomic mass is 32.2. The molecule has 0 aliphatic heterocycles. The van der Waals surface area contributed by atoms with Crippen molar-refractivity contribution < 1.29 is 4.74 Å². The van der Waals surface area contributed by atoms with Crippen molar-refractivity contribution in [2.75, 3.05) is 45.9 Å². The Kier molecular flexibility index (Phi) is 11.2. The molecule has 110 valence electrons. The Bertz CT molecular complexity index is 191. The van der Waals surface area contributed by atoms with Crippen LogP contribution in [-0.2, 0) is 4.74 Å². The van der Waals surface area contributed by atoms with Crippen molar-refractivity contribution in [1.29, 1.82) is 0 Å². The summed E-state index contributed by atoms with van der Waals surface area (Å²) in [5, 5.41) is 3.54. The van der Waals surface area contributed by atoms with Gasteiger partial charge in [-0.1, -0.05) is 20.8 Å². The van der Waals surface area contributed by atoms with Gasteiger partial charge in [0.15, 0.2) is 0 Å². The van der Waals surface area contributed by atoms with Crippen LogP contribution in [-0.4, -0.2) is 62.8 Å². The zero-order valence-electron chi connectivity index (χ0n) is 13.0. The molecular weight excluding hydrogens is 244 g/mol. The Balaban J connectivity index is 4.26. The second-order valence-electron chi connectivity index (χ2n) is 5.34. The fourth-order valence-corrected chi connectivity index (χ4v) is 2.92. The van der Waals surface area contributed by atoms with Crippen LogP contribution in [0.25, 0.3) is 0 Å². The number of methoxy groups -OCH3 is 1. The highest BCUT2D eigenvalue weighted by Gasteiger charge is 2.21. The summed E-state index contributed by atoms with van der Waals surface area (Å²) >= 11 is 1.92. The lowest BCUT2D eigenvalue weighted by molar-refractivity contribution is 0.0835. The molecule has 0 aliphatic rings. The minimum Gasteiger partial charge on any atom is -0.383 e. The lowest BCUT2D eigenvalue weighted by Gasteiger charge is -2.34. The number of thioether (sulfide) groups is 1. The zero-order chi connectivity index (χ0) is 14.0. The lowest BCUT2D eigenvalue weighted by Crippen LogP contribution is -2.49. The van der Waals surface area contributed by atoms with E-state index in [1.54, 1.807) is 7.11 Å². The molecule has 0 heterocycles. The molecule has 0 spiro atoms. The molecule has 2 unspecified atom stereocenters. The Morgan fingerprint density at radius 1 is 1.22 bits per heavy atom. The monoisotopic (exact) mass is 276 g/mol. The first kappa shape index (κ1) is 18.2. The maximum atomic E-state index is 5.37. The fourth-order valence-electron chi connectivity index (χ4n) is 2.07. The van der Waals surface area contributed by atoms with Gasteiger partial charge in [0, 0.05) is 31.5 Å². The van der Waals surface area contributed by atoms with Crippen LogP contribution in [0.1, 0.15) is 27.2 Å². The Morgan fingerprint density at radius 2 is 1.89 bits per heavy atom. The molecule has 0 amide bonds. The van der Waals surface area contributed by atoms with E-state index < -0.39 is 0 Å². The van der Waals surface area contributed by atoms with E-state index in [2.05, 4.69) is 44.3 Å². The minimum absolute atomic E-state index is 0.464.